The number of nitrogens with one attached hydrogen (secondary N) is 4. The highest BCUT2D eigenvalue weighted by molar-refractivity contribution is 7.89. The van der Waals surface area contributed by atoms with Crippen molar-refractivity contribution in [2.24, 2.45) is 0 Å². The number of amides is 4. The van der Waals surface area contributed by atoms with Crippen molar-refractivity contribution in [3.8, 4) is 0 Å². The number of hydrogen-bond donors (Lipinski definition) is 5. The first-order valence-corrected chi connectivity index (χ1v) is 12.7. The zero-order valence-electron chi connectivity index (χ0n) is 20.0. The van der Waals surface area contributed by atoms with Crippen molar-refractivity contribution in [1.82, 2.24) is 25.8 Å². The van der Waals surface area contributed by atoms with Crippen LogP contribution < -0.4 is 27.2 Å². The van der Waals surface area contributed by atoms with Gasteiger partial charge >= 0.3 is 12.0 Å². The van der Waals surface area contributed by atoms with E-state index in [1.807, 2.05) is 0 Å². The third-order valence-electron chi connectivity index (χ3n) is 5.56. The molecule has 2 aromatic carbocycles. The number of hydrazine groups is 1. The van der Waals surface area contributed by atoms with Crippen LogP contribution in [-0.2, 0) is 24.3 Å². The van der Waals surface area contributed by atoms with Gasteiger partial charge in [0.25, 0.3) is 5.91 Å². The van der Waals surface area contributed by atoms with E-state index in [4.69, 9.17) is 10.5 Å². The molecule has 0 bridgehead atoms. The number of hydrogen-bond acceptors (Lipinski definition) is 8. The number of urea groups is 1. The summed E-state index contributed by atoms with van der Waals surface area (Å²) in [7, 11) is -2.83. The average molecular weight is 533 g/mol. The van der Waals surface area contributed by atoms with E-state index in [-0.39, 0.29) is 23.4 Å². The van der Waals surface area contributed by atoms with Gasteiger partial charge in [-0.25, -0.2) is 23.4 Å². The second kappa shape index (κ2) is 12.2. The standard InChI is InChI=1S/C23H28N6O7S/c1-36-22(32)18(14-25-23(33)28-27-20(30)15-7-5-8-16(24)13-15)26-21(31)19-11-6-12-29(19)37(34,35)17-9-3-2-4-10-17/h2-5,7-10,13,18-19H,6,11-12,14,24H2,1H3,(H,26,31)(H,27,30)(H2,25,28,33)/t18-,19+/m1/s1. The Morgan fingerprint density at radius 2 is 1.81 bits per heavy atom. The highest BCUT2D eigenvalue weighted by Crippen LogP contribution is 2.26. The molecule has 37 heavy (non-hydrogen) atoms. The molecule has 0 radical (unpaired) electrons. The van der Waals surface area contributed by atoms with Crippen molar-refractivity contribution in [1.29, 1.82) is 0 Å². The topological polar surface area (TPSA) is 189 Å². The number of nitrogens with zero attached hydrogens (tertiary/aromatic N) is 1. The number of sulfonamides is 1. The van der Waals surface area contributed by atoms with Crippen LogP contribution in [0.25, 0.3) is 0 Å². The van der Waals surface area contributed by atoms with E-state index >= 15 is 0 Å². The lowest BCUT2D eigenvalue weighted by Crippen LogP contribution is -2.56. The van der Waals surface area contributed by atoms with Crippen molar-refractivity contribution in [3.63, 3.8) is 0 Å². The fourth-order valence-electron chi connectivity index (χ4n) is 3.73. The van der Waals surface area contributed by atoms with Gasteiger partial charge in [-0.15, -0.1) is 0 Å². The summed E-state index contributed by atoms with van der Waals surface area (Å²) in [4.78, 5) is 49.5. The Kier molecular flexibility index (Phi) is 9.03. The van der Waals surface area contributed by atoms with Gasteiger partial charge in [-0.3, -0.25) is 15.0 Å². The number of ether oxygens (including phenoxy) is 1. The Hall–Kier alpha value is -4.17. The number of methoxy groups -OCH3 is 1. The third-order valence-corrected chi connectivity index (χ3v) is 7.49. The van der Waals surface area contributed by atoms with E-state index in [2.05, 4.69) is 21.5 Å². The smallest absolute Gasteiger partial charge is 0.333 e. The molecule has 1 fully saturated rings. The summed E-state index contributed by atoms with van der Waals surface area (Å²) in [5.74, 6) is -2.18. The molecule has 0 saturated carbocycles. The van der Waals surface area contributed by atoms with Crippen molar-refractivity contribution >= 4 is 39.5 Å². The van der Waals surface area contributed by atoms with Crippen molar-refractivity contribution in [2.75, 3.05) is 25.9 Å². The minimum absolute atomic E-state index is 0.0535. The molecule has 14 heteroatoms. The fourth-order valence-corrected chi connectivity index (χ4v) is 5.40. The van der Waals surface area contributed by atoms with Gasteiger partial charge in [-0.2, -0.15) is 4.31 Å². The number of nitrogen functional groups attached to an aromatic ring is 1. The fraction of sp³-hybridized carbons (Fsp3) is 0.304. The van der Waals surface area contributed by atoms with Crippen LogP contribution in [0.5, 0.6) is 0 Å². The van der Waals surface area contributed by atoms with Crippen LogP contribution in [0.4, 0.5) is 10.5 Å². The van der Waals surface area contributed by atoms with E-state index in [1.165, 1.54) is 24.3 Å². The molecule has 2 atom stereocenters. The predicted octanol–water partition coefficient (Wildman–Crippen LogP) is -0.276. The number of anilines is 1. The first-order chi connectivity index (χ1) is 17.6. The minimum atomic E-state index is -3.93. The molecule has 3 rings (SSSR count). The Morgan fingerprint density at radius 1 is 1.08 bits per heavy atom. The van der Waals surface area contributed by atoms with Gasteiger partial charge in [-0.1, -0.05) is 24.3 Å². The SMILES string of the molecule is COC(=O)[C@@H](CNC(=O)NNC(=O)c1cccc(N)c1)NC(=O)[C@@H]1CCCN1S(=O)(=O)c1ccccc1. The molecule has 4 amide bonds. The maximum Gasteiger partial charge on any atom is 0.333 e. The second-order valence-electron chi connectivity index (χ2n) is 8.09. The number of rotatable bonds is 8. The van der Waals surface area contributed by atoms with Gasteiger partial charge in [0.2, 0.25) is 15.9 Å². The molecule has 1 saturated heterocycles. The van der Waals surface area contributed by atoms with Crippen LogP contribution in [0, 0.1) is 0 Å². The zero-order valence-corrected chi connectivity index (χ0v) is 20.8. The molecule has 198 valence electrons. The summed E-state index contributed by atoms with van der Waals surface area (Å²) in [6, 6.07) is 10.6. The molecule has 13 nitrogen and oxygen atoms in total. The third kappa shape index (κ3) is 6.95. The van der Waals surface area contributed by atoms with Crippen LogP contribution in [0.15, 0.2) is 59.5 Å². The molecular weight excluding hydrogens is 504 g/mol. The molecule has 0 aliphatic carbocycles. The van der Waals surface area contributed by atoms with E-state index < -0.39 is 52.5 Å². The highest BCUT2D eigenvalue weighted by atomic mass is 32.2. The molecule has 0 spiro atoms. The quantitative estimate of drug-likeness (QED) is 0.174. The molecule has 1 aliphatic heterocycles. The summed E-state index contributed by atoms with van der Waals surface area (Å²) in [6.07, 6.45) is 0.718. The Labute approximate surface area is 213 Å². The van der Waals surface area contributed by atoms with Gasteiger partial charge in [0, 0.05) is 17.8 Å². The summed E-state index contributed by atoms with van der Waals surface area (Å²) in [6.45, 7) is -0.248. The molecule has 1 heterocycles. The number of benzene rings is 2. The second-order valence-corrected chi connectivity index (χ2v) is 9.98. The summed E-state index contributed by atoms with van der Waals surface area (Å²) >= 11 is 0. The van der Waals surface area contributed by atoms with Gasteiger partial charge in [0.15, 0.2) is 0 Å². The van der Waals surface area contributed by atoms with Gasteiger partial charge in [0.05, 0.1) is 18.6 Å². The van der Waals surface area contributed by atoms with Gasteiger partial charge < -0.3 is 21.1 Å². The summed E-state index contributed by atoms with van der Waals surface area (Å²) < 4.78 is 31.9. The Bertz CT molecular complexity index is 1260. The average Bonchev–Trinajstić information content (AvgIpc) is 3.41. The predicted molar refractivity (Wildman–Crippen MR) is 132 cm³/mol. The van der Waals surface area contributed by atoms with Crippen LogP contribution in [0.2, 0.25) is 0 Å². The van der Waals surface area contributed by atoms with E-state index in [1.54, 1.807) is 30.3 Å². The van der Waals surface area contributed by atoms with Crippen molar-refractivity contribution in [2.45, 2.75) is 29.8 Å². The summed E-state index contributed by atoms with van der Waals surface area (Å²) in [5.41, 5.74) is 10.5. The normalized spacial score (nSPS) is 16.3. The maximum atomic E-state index is 13.0. The van der Waals surface area contributed by atoms with E-state index in [9.17, 15) is 27.6 Å². The first-order valence-electron chi connectivity index (χ1n) is 11.3. The maximum absolute atomic E-state index is 13.0. The molecule has 0 aromatic heterocycles. The summed E-state index contributed by atoms with van der Waals surface area (Å²) in [5, 5.41) is 4.79. The lowest BCUT2D eigenvalue weighted by molar-refractivity contribution is -0.145. The number of esters is 1. The first kappa shape index (κ1) is 27.4. The molecular formula is C23H28N6O7S. The lowest BCUT2D eigenvalue weighted by Gasteiger charge is -2.25. The van der Waals surface area contributed by atoms with E-state index in [0.717, 1.165) is 11.4 Å². The van der Waals surface area contributed by atoms with Crippen LogP contribution in [-0.4, -0.2) is 68.8 Å². The molecule has 2 aromatic rings. The van der Waals surface area contributed by atoms with Crippen LogP contribution >= 0.6 is 0 Å². The monoisotopic (exact) mass is 532 g/mol. The lowest BCUT2D eigenvalue weighted by atomic mass is 10.2. The van der Waals surface area contributed by atoms with Crippen molar-refractivity contribution < 1.29 is 32.3 Å². The number of carbonyl (C=O) groups excluding carboxylic acids is 4. The largest absolute Gasteiger partial charge is 0.467 e. The Morgan fingerprint density at radius 3 is 2.49 bits per heavy atom. The van der Waals surface area contributed by atoms with Crippen molar-refractivity contribution in [3.05, 3.63) is 60.2 Å². The highest BCUT2D eigenvalue weighted by Gasteiger charge is 2.40. The Balaban J connectivity index is 1.58. The minimum Gasteiger partial charge on any atom is -0.467 e. The van der Waals surface area contributed by atoms with Gasteiger partial charge in [-0.05, 0) is 43.2 Å². The molecule has 6 N–H and O–H groups in total. The molecule has 1 aliphatic rings. The van der Waals surface area contributed by atoms with E-state index in [0.29, 0.717) is 12.1 Å². The van der Waals surface area contributed by atoms with Crippen LogP contribution in [0.1, 0.15) is 23.2 Å². The number of carbonyl (C=O) groups is 4. The van der Waals surface area contributed by atoms with Crippen LogP contribution in [0.3, 0.4) is 0 Å². The molecule has 0 unspecified atom stereocenters. The number of nitrogens with two attached hydrogens (primary N) is 1. The van der Waals surface area contributed by atoms with Gasteiger partial charge in [0.1, 0.15) is 12.1 Å². The zero-order chi connectivity index (χ0) is 27.0.